The molecule has 0 amide bonds. The third kappa shape index (κ3) is 9.73. The Morgan fingerprint density at radius 2 is 1.65 bits per heavy atom. The van der Waals surface area contributed by atoms with Gasteiger partial charge in [-0.05, 0) is 53.5 Å². The van der Waals surface area contributed by atoms with Crippen molar-refractivity contribution in [2.75, 3.05) is 46.9 Å². The van der Waals surface area contributed by atoms with E-state index < -0.39 is 8.56 Å². The molecule has 0 saturated heterocycles. The quantitative estimate of drug-likeness (QED) is 0.454. The maximum absolute atomic E-state index is 5.80. The van der Waals surface area contributed by atoms with Crippen molar-refractivity contribution >= 4 is 8.56 Å². The zero-order chi connectivity index (χ0) is 13.1. The normalized spacial score (nSPS) is 12.4. The molecule has 0 fully saturated rings. The summed E-state index contributed by atoms with van der Waals surface area (Å²) in [4.78, 5) is 2.19. The maximum atomic E-state index is 5.80. The summed E-state index contributed by atoms with van der Waals surface area (Å²) in [6, 6.07) is 1.07. The molecule has 0 unspecified atom stereocenters. The van der Waals surface area contributed by atoms with Crippen LogP contribution < -0.4 is 5.32 Å². The van der Waals surface area contributed by atoms with Gasteiger partial charge in [-0.15, -0.1) is 0 Å². The molecule has 0 heterocycles. The van der Waals surface area contributed by atoms with Gasteiger partial charge in [-0.2, -0.15) is 0 Å². The van der Waals surface area contributed by atoms with E-state index in [-0.39, 0.29) is 0 Å². The molecule has 0 aliphatic heterocycles. The molecule has 0 rings (SSSR count). The van der Waals surface area contributed by atoms with Crippen LogP contribution in [0.15, 0.2) is 0 Å². The molecule has 0 aliphatic rings. The highest BCUT2D eigenvalue weighted by Gasteiger charge is 2.29. The molecule has 0 aromatic rings. The molecular weight excluding hydrogens is 232 g/mol. The van der Waals surface area contributed by atoms with Gasteiger partial charge in [0.2, 0.25) is 0 Å². The van der Waals surface area contributed by atoms with Crippen molar-refractivity contribution < 1.29 is 8.85 Å². The first-order valence-corrected chi connectivity index (χ1v) is 9.19. The number of nitrogens with zero attached hydrogens (tertiary/aromatic N) is 1. The van der Waals surface area contributed by atoms with Gasteiger partial charge in [-0.1, -0.05) is 0 Å². The molecular formula is C12H30N2O2Si. The van der Waals surface area contributed by atoms with Gasteiger partial charge in [-0.3, -0.25) is 0 Å². The van der Waals surface area contributed by atoms with Crippen molar-refractivity contribution in [1.29, 1.82) is 0 Å². The Bertz CT molecular complexity index is 174. The van der Waals surface area contributed by atoms with Crippen molar-refractivity contribution in [1.82, 2.24) is 10.2 Å². The van der Waals surface area contributed by atoms with Gasteiger partial charge >= 0.3 is 8.56 Å². The van der Waals surface area contributed by atoms with Gasteiger partial charge in [0.25, 0.3) is 0 Å². The summed E-state index contributed by atoms with van der Waals surface area (Å²) in [7, 11) is 2.30. The Morgan fingerprint density at radius 3 is 2.12 bits per heavy atom. The minimum Gasteiger partial charge on any atom is -0.395 e. The van der Waals surface area contributed by atoms with E-state index in [1.807, 2.05) is 13.8 Å². The van der Waals surface area contributed by atoms with Crippen LogP contribution >= 0.6 is 0 Å². The summed E-state index contributed by atoms with van der Waals surface area (Å²) in [5.74, 6) is 0. The van der Waals surface area contributed by atoms with E-state index in [2.05, 4.69) is 30.9 Å². The van der Waals surface area contributed by atoms with E-state index in [1.54, 1.807) is 0 Å². The standard InChI is InChI=1S/C12H30N2O2Si/c1-6-15-17(5,16-7-2)12-8-9-13-10-11-14(3)4/h13H,6-12H2,1-5H3. The number of nitrogens with one attached hydrogen (secondary N) is 1. The Morgan fingerprint density at radius 1 is 1.06 bits per heavy atom. The fraction of sp³-hybridized carbons (Fsp3) is 1.00. The first-order valence-electron chi connectivity index (χ1n) is 6.67. The third-order valence-electron chi connectivity index (χ3n) is 2.62. The van der Waals surface area contributed by atoms with Crippen LogP contribution in [0.2, 0.25) is 12.6 Å². The number of hydrogen-bond donors (Lipinski definition) is 1. The lowest BCUT2D eigenvalue weighted by molar-refractivity contribution is 0.188. The van der Waals surface area contributed by atoms with Crippen LogP contribution in [-0.4, -0.2) is 60.4 Å². The number of likely N-dealkylation sites (N-methyl/N-ethyl adjacent to an activating group) is 1. The lowest BCUT2D eigenvalue weighted by Crippen LogP contribution is -2.39. The van der Waals surface area contributed by atoms with Crippen molar-refractivity contribution in [2.45, 2.75) is 32.9 Å². The monoisotopic (exact) mass is 262 g/mol. The molecule has 104 valence electrons. The van der Waals surface area contributed by atoms with Gasteiger partial charge in [-0.25, -0.2) is 0 Å². The first-order chi connectivity index (χ1) is 8.04. The molecule has 1 N–H and O–H groups in total. The van der Waals surface area contributed by atoms with E-state index >= 15 is 0 Å². The van der Waals surface area contributed by atoms with Crippen molar-refractivity contribution in [2.24, 2.45) is 0 Å². The highest BCUT2D eigenvalue weighted by molar-refractivity contribution is 6.66. The van der Waals surface area contributed by atoms with Gasteiger partial charge in [0.15, 0.2) is 0 Å². The summed E-state index contributed by atoms with van der Waals surface area (Å²) >= 11 is 0. The van der Waals surface area contributed by atoms with Gasteiger partial charge in [0.05, 0.1) is 0 Å². The first kappa shape index (κ1) is 17.1. The van der Waals surface area contributed by atoms with Gasteiger partial charge < -0.3 is 19.1 Å². The fourth-order valence-electron chi connectivity index (χ4n) is 1.76. The van der Waals surface area contributed by atoms with Gasteiger partial charge in [0, 0.05) is 26.3 Å². The second-order valence-electron chi connectivity index (χ2n) is 4.66. The Kier molecular flexibility index (Phi) is 10.1. The molecule has 0 bridgehead atoms. The average molecular weight is 262 g/mol. The highest BCUT2D eigenvalue weighted by atomic mass is 28.4. The summed E-state index contributed by atoms with van der Waals surface area (Å²) in [6.45, 7) is 11.0. The second-order valence-corrected chi connectivity index (χ2v) is 8.00. The fourth-order valence-corrected chi connectivity index (χ4v) is 4.17. The second kappa shape index (κ2) is 10.0. The third-order valence-corrected chi connectivity index (χ3v) is 5.68. The largest absolute Gasteiger partial charge is 0.395 e. The highest BCUT2D eigenvalue weighted by Crippen LogP contribution is 2.15. The lowest BCUT2D eigenvalue weighted by atomic mass is 10.4. The van der Waals surface area contributed by atoms with Crippen molar-refractivity contribution in [3.8, 4) is 0 Å². The summed E-state index contributed by atoms with van der Waals surface area (Å²) in [5.41, 5.74) is 0. The zero-order valence-electron chi connectivity index (χ0n) is 12.2. The molecule has 4 nitrogen and oxygen atoms in total. The molecule has 0 aromatic heterocycles. The maximum Gasteiger partial charge on any atom is 0.334 e. The van der Waals surface area contributed by atoms with Crippen LogP contribution in [0.3, 0.4) is 0 Å². The zero-order valence-corrected chi connectivity index (χ0v) is 13.2. The summed E-state index contributed by atoms with van der Waals surface area (Å²) < 4.78 is 11.6. The predicted octanol–water partition coefficient (Wildman–Crippen LogP) is 1.67. The van der Waals surface area contributed by atoms with Gasteiger partial charge in [0.1, 0.15) is 0 Å². The van der Waals surface area contributed by atoms with Crippen LogP contribution in [-0.2, 0) is 8.85 Å². The molecule has 0 saturated carbocycles. The summed E-state index contributed by atoms with van der Waals surface area (Å²) in [6.07, 6.45) is 1.14. The molecule has 0 aromatic carbocycles. The smallest absolute Gasteiger partial charge is 0.334 e. The Labute approximate surface area is 108 Å². The van der Waals surface area contributed by atoms with Crippen LogP contribution in [0.1, 0.15) is 20.3 Å². The number of hydrogen-bond acceptors (Lipinski definition) is 4. The Hall–Kier alpha value is 0.0569. The average Bonchev–Trinajstić information content (AvgIpc) is 2.23. The van der Waals surface area contributed by atoms with Crippen LogP contribution in [0.5, 0.6) is 0 Å². The molecule has 5 heteroatoms. The molecule has 0 spiro atoms. The molecule has 0 atom stereocenters. The predicted molar refractivity (Wildman–Crippen MR) is 75.7 cm³/mol. The minimum absolute atomic E-state index is 0.761. The SMILES string of the molecule is CCO[Si](C)(CCCNCCN(C)C)OCC. The van der Waals surface area contributed by atoms with E-state index in [9.17, 15) is 0 Å². The lowest BCUT2D eigenvalue weighted by Gasteiger charge is -2.26. The van der Waals surface area contributed by atoms with E-state index in [1.165, 1.54) is 0 Å². The van der Waals surface area contributed by atoms with E-state index in [0.29, 0.717) is 0 Å². The van der Waals surface area contributed by atoms with Crippen molar-refractivity contribution in [3.63, 3.8) is 0 Å². The topological polar surface area (TPSA) is 33.7 Å². The van der Waals surface area contributed by atoms with Crippen molar-refractivity contribution in [3.05, 3.63) is 0 Å². The Balaban J connectivity index is 3.61. The molecule has 0 aliphatic carbocycles. The summed E-state index contributed by atoms with van der Waals surface area (Å²) in [5, 5.41) is 3.44. The molecule has 17 heavy (non-hydrogen) atoms. The van der Waals surface area contributed by atoms with E-state index in [4.69, 9.17) is 8.85 Å². The van der Waals surface area contributed by atoms with Crippen LogP contribution in [0, 0.1) is 0 Å². The minimum atomic E-state index is -1.88. The van der Waals surface area contributed by atoms with Crippen LogP contribution in [0.4, 0.5) is 0 Å². The van der Waals surface area contributed by atoms with E-state index in [0.717, 1.165) is 45.3 Å². The molecule has 0 radical (unpaired) electrons. The van der Waals surface area contributed by atoms with Crippen LogP contribution in [0.25, 0.3) is 0 Å². The number of rotatable bonds is 11.